The highest BCUT2D eigenvalue weighted by atomic mass is 32.2. The van der Waals surface area contributed by atoms with Crippen molar-refractivity contribution in [1.29, 1.82) is 0 Å². The number of rotatable bonds is 4. The van der Waals surface area contributed by atoms with Gasteiger partial charge in [-0.1, -0.05) is 18.9 Å². The third-order valence-corrected chi connectivity index (χ3v) is 5.05. The van der Waals surface area contributed by atoms with Gasteiger partial charge in [-0.25, -0.2) is 17.8 Å². The predicted molar refractivity (Wildman–Crippen MR) is 76.4 cm³/mol. The minimum absolute atomic E-state index is 0.00634. The lowest BCUT2D eigenvalue weighted by molar-refractivity contribution is -0.122. The SMILES string of the molecule is O=C(NS(=O)(=O)c1cccc(-n2cnnn2)c1)C1CCCC1. The van der Waals surface area contributed by atoms with Crippen LogP contribution in [0.25, 0.3) is 5.69 Å². The molecule has 1 amide bonds. The third kappa shape index (κ3) is 2.98. The lowest BCUT2D eigenvalue weighted by atomic mass is 10.1. The number of carbonyl (C=O) groups excluding carboxylic acids is 1. The number of carbonyl (C=O) groups is 1. The van der Waals surface area contributed by atoms with E-state index in [1.807, 2.05) is 0 Å². The zero-order valence-corrected chi connectivity index (χ0v) is 12.5. The van der Waals surface area contributed by atoms with E-state index in [0.717, 1.165) is 25.7 Å². The van der Waals surface area contributed by atoms with Crippen molar-refractivity contribution in [2.45, 2.75) is 30.6 Å². The molecule has 116 valence electrons. The number of tetrazole rings is 1. The standard InChI is InChI=1S/C13H15N5O3S/c19-13(10-4-1-2-5-10)15-22(20,21)12-7-3-6-11(8-12)18-9-14-16-17-18/h3,6-10H,1-2,4-5H2,(H,15,19). The summed E-state index contributed by atoms with van der Waals surface area (Å²) in [6.07, 6.45) is 4.78. The van der Waals surface area contributed by atoms with Crippen LogP contribution in [0.5, 0.6) is 0 Å². The van der Waals surface area contributed by atoms with Gasteiger partial charge in [0.2, 0.25) is 5.91 Å². The Morgan fingerprint density at radius 2 is 2.05 bits per heavy atom. The molecule has 2 aromatic rings. The Bertz CT molecular complexity index is 767. The van der Waals surface area contributed by atoms with E-state index in [-0.39, 0.29) is 10.8 Å². The molecule has 0 aliphatic heterocycles. The molecule has 0 radical (unpaired) electrons. The van der Waals surface area contributed by atoms with E-state index in [9.17, 15) is 13.2 Å². The summed E-state index contributed by atoms with van der Waals surface area (Å²) < 4.78 is 28.2. The van der Waals surface area contributed by atoms with Gasteiger partial charge in [0.05, 0.1) is 10.6 Å². The average molecular weight is 321 g/mol. The molecule has 1 aliphatic carbocycles. The highest BCUT2D eigenvalue weighted by molar-refractivity contribution is 7.90. The number of amides is 1. The van der Waals surface area contributed by atoms with Crippen LogP contribution >= 0.6 is 0 Å². The quantitative estimate of drug-likeness (QED) is 0.886. The molecule has 1 aromatic heterocycles. The van der Waals surface area contributed by atoms with Gasteiger partial charge >= 0.3 is 0 Å². The van der Waals surface area contributed by atoms with Crippen LogP contribution in [0.4, 0.5) is 0 Å². The van der Waals surface area contributed by atoms with E-state index in [4.69, 9.17) is 0 Å². The second kappa shape index (κ2) is 5.84. The Labute approximate surface area is 127 Å². The Morgan fingerprint density at radius 1 is 1.27 bits per heavy atom. The van der Waals surface area contributed by atoms with Gasteiger partial charge in [0.1, 0.15) is 6.33 Å². The van der Waals surface area contributed by atoms with Crippen LogP contribution in [-0.2, 0) is 14.8 Å². The number of hydrogen-bond acceptors (Lipinski definition) is 6. The summed E-state index contributed by atoms with van der Waals surface area (Å²) in [6.45, 7) is 0. The number of benzene rings is 1. The topological polar surface area (TPSA) is 107 Å². The summed E-state index contributed by atoms with van der Waals surface area (Å²) in [6, 6.07) is 6.10. The van der Waals surface area contributed by atoms with Crippen LogP contribution in [0.2, 0.25) is 0 Å². The second-order valence-corrected chi connectivity index (χ2v) is 6.89. The summed E-state index contributed by atoms with van der Waals surface area (Å²) in [4.78, 5) is 12.0. The molecule has 0 atom stereocenters. The van der Waals surface area contributed by atoms with Gasteiger partial charge in [0.25, 0.3) is 10.0 Å². The van der Waals surface area contributed by atoms with Gasteiger partial charge in [-0.05, 0) is 41.5 Å². The van der Waals surface area contributed by atoms with E-state index < -0.39 is 15.9 Å². The first kappa shape index (κ1) is 14.6. The Balaban J connectivity index is 1.83. The maximum absolute atomic E-state index is 12.3. The van der Waals surface area contributed by atoms with Gasteiger partial charge in [-0.15, -0.1) is 5.10 Å². The van der Waals surface area contributed by atoms with Crippen molar-refractivity contribution in [2.24, 2.45) is 5.92 Å². The molecule has 0 saturated heterocycles. The van der Waals surface area contributed by atoms with Crippen LogP contribution < -0.4 is 4.72 Å². The van der Waals surface area contributed by atoms with Crippen LogP contribution in [0.3, 0.4) is 0 Å². The van der Waals surface area contributed by atoms with E-state index in [2.05, 4.69) is 20.2 Å². The minimum Gasteiger partial charge on any atom is -0.274 e. The van der Waals surface area contributed by atoms with Crippen molar-refractivity contribution in [1.82, 2.24) is 24.9 Å². The molecule has 9 heteroatoms. The highest BCUT2D eigenvalue weighted by Crippen LogP contribution is 2.25. The lowest BCUT2D eigenvalue weighted by Crippen LogP contribution is -2.34. The van der Waals surface area contributed by atoms with Gasteiger partial charge in [0, 0.05) is 5.92 Å². The van der Waals surface area contributed by atoms with Crippen LogP contribution in [0, 0.1) is 5.92 Å². The number of hydrogen-bond donors (Lipinski definition) is 1. The molecule has 1 aromatic carbocycles. The molecule has 0 spiro atoms. The van der Waals surface area contributed by atoms with Gasteiger partial charge in [-0.3, -0.25) is 4.79 Å². The third-order valence-electron chi connectivity index (χ3n) is 3.70. The molecule has 1 saturated carbocycles. The van der Waals surface area contributed by atoms with Crippen molar-refractivity contribution < 1.29 is 13.2 Å². The minimum atomic E-state index is -3.89. The van der Waals surface area contributed by atoms with Gasteiger partial charge < -0.3 is 0 Å². The molecule has 8 nitrogen and oxygen atoms in total. The monoisotopic (exact) mass is 321 g/mol. The molecule has 1 N–H and O–H groups in total. The maximum atomic E-state index is 12.3. The summed E-state index contributed by atoms with van der Waals surface area (Å²) >= 11 is 0. The van der Waals surface area contributed by atoms with Crippen molar-refractivity contribution in [3.8, 4) is 5.69 Å². The summed E-state index contributed by atoms with van der Waals surface area (Å²) in [5.74, 6) is -0.636. The molecular weight excluding hydrogens is 306 g/mol. The van der Waals surface area contributed by atoms with E-state index in [1.165, 1.54) is 23.1 Å². The van der Waals surface area contributed by atoms with Crippen molar-refractivity contribution in [2.75, 3.05) is 0 Å². The molecule has 22 heavy (non-hydrogen) atoms. The summed E-state index contributed by atoms with van der Waals surface area (Å²) in [5, 5.41) is 10.7. The predicted octanol–water partition coefficient (Wildman–Crippen LogP) is 0.657. The molecule has 0 unspecified atom stereocenters. The Hall–Kier alpha value is -2.29. The van der Waals surface area contributed by atoms with Crippen molar-refractivity contribution >= 4 is 15.9 Å². The first-order valence-electron chi connectivity index (χ1n) is 6.96. The summed E-state index contributed by atoms with van der Waals surface area (Å²) in [5.41, 5.74) is 0.501. The second-order valence-electron chi connectivity index (χ2n) is 5.20. The smallest absolute Gasteiger partial charge is 0.264 e. The number of aromatic nitrogens is 4. The zero-order chi connectivity index (χ0) is 15.6. The summed E-state index contributed by atoms with van der Waals surface area (Å²) in [7, 11) is -3.89. The average Bonchev–Trinajstić information content (AvgIpc) is 3.20. The fourth-order valence-corrected chi connectivity index (χ4v) is 3.62. The molecule has 3 rings (SSSR count). The molecule has 0 bridgehead atoms. The number of nitrogens with zero attached hydrogens (tertiary/aromatic N) is 4. The largest absolute Gasteiger partial charge is 0.274 e. The molecule has 1 heterocycles. The van der Waals surface area contributed by atoms with E-state index in [0.29, 0.717) is 5.69 Å². The van der Waals surface area contributed by atoms with Crippen LogP contribution in [-0.4, -0.2) is 34.5 Å². The van der Waals surface area contributed by atoms with Crippen molar-refractivity contribution in [3.05, 3.63) is 30.6 Å². The van der Waals surface area contributed by atoms with Crippen LogP contribution in [0.1, 0.15) is 25.7 Å². The molecular formula is C13H15N5O3S. The van der Waals surface area contributed by atoms with E-state index >= 15 is 0 Å². The van der Waals surface area contributed by atoms with Crippen molar-refractivity contribution in [3.63, 3.8) is 0 Å². The Morgan fingerprint density at radius 3 is 2.73 bits per heavy atom. The lowest BCUT2D eigenvalue weighted by Gasteiger charge is -2.11. The molecule has 1 aliphatic rings. The fourth-order valence-electron chi connectivity index (χ4n) is 2.54. The first-order valence-corrected chi connectivity index (χ1v) is 8.45. The normalized spacial score (nSPS) is 15.8. The van der Waals surface area contributed by atoms with Crippen LogP contribution in [0.15, 0.2) is 35.5 Å². The van der Waals surface area contributed by atoms with Gasteiger partial charge in [0.15, 0.2) is 0 Å². The Kier molecular flexibility index (Phi) is 3.88. The molecule has 1 fully saturated rings. The zero-order valence-electron chi connectivity index (χ0n) is 11.7. The maximum Gasteiger partial charge on any atom is 0.264 e. The van der Waals surface area contributed by atoms with E-state index in [1.54, 1.807) is 12.1 Å². The number of nitrogens with one attached hydrogen (secondary N) is 1. The fraction of sp³-hybridized carbons (Fsp3) is 0.385. The first-order chi connectivity index (χ1) is 10.6. The number of sulfonamides is 1. The highest BCUT2D eigenvalue weighted by Gasteiger charge is 2.27. The van der Waals surface area contributed by atoms with Gasteiger partial charge in [-0.2, -0.15) is 0 Å².